The predicted octanol–water partition coefficient (Wildman–Crippen LogP) is 6.21. The average molecular weight is 410 g/mol. The molecule has 3 nitrogen and oxygen atoms in total. The molecule has 0 bridgehead atoms. The van der Waals surface area contributed by atoms with E-state index < -0.39 is 10.0 Å². The lowest BCUT2D eigenvalue weighted by molar-refractivity contribution is 0.589. The SMILES string of the molecule is O=S(=O)(c1ccccc1)n1c(-c2ccccc2)c(-c2ccccc2)c2ccccc21. The molecule has 4 aromatic carbocycles. The molecule has 0 fully saturated rings. The Morgan fingerprint density at radius 3 is 1.67 bits per heavy atom. The molecule has 0 atom stereocenters. The van der Waals surface area contributed by atoms with Crippen LogP contribution in [0, 0.1) is 0 Å². The van der Waals surface area contributed by atoms with Crippen LogP contribution in [0.15, 0.2) is 120 Å². The number of rotatable bonds is 4. The topological polar surface area (TPSA) is 39.1 Å². The Morgan fingerprint density at radius 2 is 1.03 bits per heavy atom. The van der Waals surface area contributed by atoms with Gasteiger partial charge in [0.2, 0.25) is 0 Å². The molecule has 0 saturated heterocycles. The van der Waals surface area contributed by atoms with Crippen molar-refractivity contribution >= 4 is 20.9 Å². The lowest BCUT2D eigenvalue weighted by atomic mass is 9.98. The summed E-state index contributed by atoms with van der Waals surface area (Å²) in [7, 11) is -3.81. The molecule has 5 aromatic rings. The van der Waals surface area contributed by atoms with Crippen molar-refractivity contribution in [1.82, 2.24) is 3.97 Å². The number of nitrogens with zero attached hydrogens (tertiary/aromatic N) is 1. The third-order valence-electron chi connectivity index (χ3n) is 5.22. The van der Waals surface area contributed by atoms with Gasteiger partial charge >= 0.3 is 0 Å². The third kappa shape index (κ3) is 2.93. The Labute approximate surface area is 175 Å². The second kappa shape index (κ2) is 7.32. The van der Waals surface area contributed by atoms with Gasteiger partial charge in [0.1, 0.15) is 0 Å². The first-order chi connectivity index (χ1) is 14.7. The van der Waals surface area contributed by atoms with E-state index in [4.69, 9.17) is 0 Å². The maximum Gasteiger partial charge on any atom is 0.268 e. The van der Waals surface area contributed by atoms with Gasteiger partial charge in [0.05, 0.1) is 16.1 Å². The lowest BCUT2D eigenvalue weighted by Crippen LogP contribution is -2.14. The normalized spacial score (nSPS) is 11.6. The fraction of sp³-hybridized carbons (Fsp3) is 0. The summed E-state index contributed by atoms with van der Waals surface area (Å²) in [6.07, 6.45) is 0. The largest absolute Gasteiger partial charge is 0.268 e. The second-order valence-electron chi connectivity index (χ2n) is 7.06. The van der Waals surface area contributed by atoms with Crippen LogP contribution in [0.25, 0.3) is 33.3 Å². The highest BCUT2D eigenvalue weighted by molar-refractivity contribution is 7.90. The summed E-state index contributed by atoms with van der Waals surface area (Å²) in [5.74, 6) is 0. The lowest BCUT2D eigenvalue weighted by Gasteiger charge is -2.14. The van der Waals surface area contributed by atoms with Gasteiger partial charge in [0.15, 0.2) is 0 Å². The molecule has 1 heterocycles. The third-order valence-corrected chi connectivity index (χ3v) is 6.95. The first-order valence-electron chi connectivity index (χ1n) is 9.73. The predicted molar refractivity (Wildman–Crippen MR) is 122 cm³/mol. The number of hydrogen-bond donors (Lipinski definition) is 0. The maximum absolute atomic E-state index is 13.8. The molecule has 0 spiro atoms. The Hall–Kier alpha value is -3.63. The van der Waals surface area contributed by atoms with Crippen LogP contribution in [0.3, 0.4) is 0 Å². The van der Waals surface area contributed by atoms with Gasteiger partial charge in [-0.2, -0.15) is 0 Å². The van der Waals surface area contributed by atoms with Crippen molar-refractivity contribution in [2.45, 2.75) is 4.90 Å². The molecule has 0 aliphatic carbocycles. The molecule has 0 amide bonds. The van der Waals surface area contributed by atoms with Crippen molar-refractivity contribution in [3.8, 4) is 22.4 Å². The van der Waals surface area contributed by atoms with Crippen LogP contribution in [0.2, 0.25) is 0 Å². The highest BCUT2D eigenvalue weighted by Crippen LogP contribution is 2.42. The molecule has 146 valence electrons. The van der Waals surface area contributed by atoms with Gasteiger partial charge in [-0.15, -0.1) is 0 Å². The van der Waals surface area contributed by atoms with Crippen molar-refractivity contribution in [2.24, 2.45) is 0 Å². The quantitative estimate of drug-likeness (QED) is 0.354. The van der Waals surface area contributed by atoms with Crippen LogP contribution in [0.4, 0.5) is 0 Å². The first kappa shape index (κ1) is 18.4. The van der Waals surface area contributed by atoms with E-state index in [0.717, 1.165) is 22.1 Å². The van der Waals surface area contributed by atoms with E-state index in [2.05, 4.69) is 0 Å². The van der Waals surface area contributed by atoms with Gasteiger partial charge in [-0.25, -0.2) is 12.4 Å². The molecule has 5 rings (SSSR count). The van der Waals surface area contributed by atoms with Crippen molar-refractivity contribution in [3.63, 3.8) is 0 Å². The van der Waals surface area contributed by atoms with E-state index >= 15 is 0 Å². The Morgan fingerprint density at radius 1 is 0.533 bits per heavy atom. The van der Waals surface area contributed by atoms with E-state index in [9.17, 15) is 8.42 Å². The highest BCUT2D eigenvalue weighted by atomic mass is 32.2. The summed E-state index contributed by atoms with van der Waals surface area (Å²) < 4.78 is 29.2. The van der Waals surface area contributed by atoms with Gasteiger partial charge in [0.25, 0.3) is 10.0 Å². The van der Waals surface area contributed by atoms with Gasteiger partial charge in [-0.1, -0.05) is 97.1 Å². The van der Waals surface area contributed by atoms with Crippen LogP contribution in [-0.4, -0.2) is 12.4 Å². The molecule has 1 aromatic heterocycles. The maximum atomic E-state index is 13.8. The van der Waals surface area contributed by atoms with E-state index in [0.29, 0.717) is 11.2 Å². The summed E-state index contributed by atoms with van der Waals surface area (Å²) in [4.78, 5) is 0.266. The molecule has 4 heteroatoms. The minimum atomic E-state index is -3.81. The van der Waals surface area contributed by atoms with Crippen LogP contribution < -0.4 is 0 Å². The van der Waals surface area contributed by atoms with Crippen LogP contribution in [0.5, 0.6) is 0 Å². The Kier molecular flexibility index (Phi) is 4.49. The van der Waals surface area contributed by atoms with Crippen molar-refractivity contribution in [3.05, 3.63) is 115 Å². The van der Waals surface area contributed by atoms with E-state index in [1.54, 1.807) is 24.3 Å². The van der Waals surface area contributed by atoms with Crippen LogP contribution in [0.1, 0.15) is 0 Å². The van der Waals surface area contributed by atoms with Gasteiger partial charge < -0.3 is 0 Å². The van der Waals surface area contributed by atoms with Gasteiger partial charge in [0, 0.05) is 10.9 Å². The Balaban J connectivity index is 1.97. The van der Waals surface area contributed by atoms with E-state index in [-0.39, 0.29) is 4.90 Å². The highest BCUT2D eigenvalue weighted by Gasteiger charge is 2.28. The fourth-order valence-electron chi connectivity index (χ4n) is 3.91. The molecule has 30 heavy (non-hydrogen) atoms. The molecule has 0 aliphatic heterocycles. The van der Waals surface area contributed by atoms with E-state index in [1.807, 2.05) is 91.0 Å². The molecule has 0 N–H and O–H groups in total. The number of aromatic nitrogens is 1. The Bertz CT molecular complexity index is 1420. The molecular weight excluding hydrogens is 390 g/mol. The summed E-state index contributed by atoms with van der Waals surface area (Å²) >= 11 is 0. The molecule has 0 unspecified atom stereocenters. The zero-order valence-electron chi connectivity index (χ0n) is 16.1. The molecule has 0 aliphatic rings. The summed E-state index contributed by atoms with van der Waals surface area (Å²) in [5, 5.41) is 0.905. The number of benzene rings is 4. The van der Waals surface area contributed by atoms with Gasteiger partial charge in [-0.3, -0.25) is 0 Å². The number of hydrogen-bond acceptors (Lipinski definition) is 2. The first-order valence-corrected chi connectivity index (χ1v) is 11.2. The monoisotopic (exact) mass is 409 g/mol. The van der Waals surface area contributed by atoms with Crippen molar-refractivity contribution in [2.75, 3.05) is 0 Å². The van der Waals surface area contributed by atoms with E-state index in [1.165, 1.54) is 3.97 Å². The summed E-state index contributed by atoms with van der Waals surface area (Å²) in [5.41, 5.74) is 4.09. The molecule has 0 saturated carbocycles. The molecule has 0 radical (unpaired) electrons. The average Bonchev–Trinajstić information content (AvgIpc) is 3.17. The minimum Gasteiger partial charge on any atom is -0.233 e. The number of para-hydroxylation sites is 1. The zero-order valence-corrected chi connectivity index (χ0v) is 17.0. The smallest absolute Gasteiger partial charge is 0.233 e. The standard InChI is InChI=1S/C26H19NO2S/c28-30(29,22-16-8-3-9-17-22)27-24-19-11-10-18-23(24)25(20-12-4-1-5-13-20)26(27)21-14-6-2-7-15-21/h1-19H. The summed E-state index contributed by atoms with van der Waals surface area (Å²) in [6, 6.07) is 35.9. The minimum absolute atomic E-state index is 0.266. The molecular formula is C26H19NO2S. The van der Waals surface area contributed by atoms with Gasteiger partial charge in [-0.05, 0) is 29.3 Å². The number of fused-ring (bicyclic) bond motifs is 1. The summed E-state index contributed by atoms with van der Waals surface area (Å²) in [6.45, 7) is 0. The van der Waals surface area contributed by atoms with Crippen LogP contribution in [-0.2, 0) is 10.0 Å². The van der Waals surface area contributed by atoms with Crippen molar-refractivity contribution < 1.29 is 8.42 Å². The zero-order chi connectivity index (χ0) is 20.6. The van der Waals surface area contributed by atoms with Crippen molar-refractivity contribution in [1.29, 1.82) is 0 Å². The fourth-order valence-corrected chi connectivity index (χ4v) is 5.48. The second-order valence-corrected chi connectivity index (χ2v) is 8.84. The van der Waals surface area contributed by atoms with Crippen LogP contribution >= 0.6 is 0 Å².